The average Bonchev–Trinajstić information content (AvgIpc) is 2.78. The molecular formula is C11H12N4O. The second-order valence-electron chi connectivity index (χ2n) is 3.52. The Balaban J connectivity index is 1.98. The van der Waals surface area contributed by atoms with Gasteiger partial charge in [0, 0.05) is 18.6 Å². The second-order valence-corrected chi connectivity index (χ2v) is 3.52. The third kappa shape index (κ3) is 2.44. The number of carbonyl (C=O) groups is 1. The molecule has 2 aromatic heterocycles. The SMILES string of the molecule is Cc1cncc(C(=O)NCc2ccn[nH]2)c1. The third-order valence-electron chi connectivity index (χ3n) is 2.13. The highest BCUT2D eigenvalue weighted by atomic mass is 16.1. The number of nitrogens with zero attached hydrogens (tertiary/aromatic N) is 2. The van der Waals surface area contributed by atoms with Gasteiger partial charge in [-0.2, -0.15) is 5.10 Å². The fourth-order valence-corrected chi connectivity index (χ4v) is 1.34. The number of pyridine rings is 1. The number of hydrogen-bond donors (Lipinski definition) is 2. The molecule has 0 fully saturated rings. The average molecular weight is 216 g/mol. The molecule has 2 rings (SSSR count). The van der Waals surface area contributed by atoms with E-state index in [9.17, 15) is 4.79 Å². The summed E-state index contributed by atoms with van der Waals surface area (Å²) in [5.74, 6) is -0.134. The molecule has 1 amide bonds. The van der Waals surface area contributed by atoms with Gasteiger partial charge in [0.1, 0.15) is 0 Å². The zero-order valence-electron chi connectivity index (χ0n) is 8.90. The summed E-state index contributed by atoms with van der Waals surface area (Å²) in [5.41, 5.74) is 2.41. The van der Waals surface area contributed by atoms with E-state index >= 15 is 0 Å². The molecule has 0 aliphatic heterocycles. The van der Waals surface area contributed by atoms with E-state index in [2.05, 4.69) is 20.5 Å². The number of H-pyrrole nitrogens is 1. The molecule has 0 spiro atoms. The van der Waals surface area contributed by atoms with Crippen molar-refractivity contribution in [3.05, 3.63) is 47.5 Å². The van der Waals surface area contributed by atoms with Crippen LogP contribution >= 0.6 is 0 Å². The molecule has 82 valence electrons. The van der Waals surface area contributed by atoms with Crippen molar-refractivity contribution >= 4 is 5.91 Å². The van der Waals surface area contributed by atoms with Gasteiger partial charge in [0.15, 0.2) is 0 Å². The first-order valence-corrected chi connectivity index (χ1v) is 4.94. The summed E-state index contributed by atoms with van der Waals surface area (Å²) in [6, 6.07) is 3.62. The molecule has 5 nitrogen and oxygen atoms in total. The Hall–Kier alpha value is -2.17. The van der Waals surface area contributed by atoms with Gasteiger partial charge in [-0.25, -0.2) is 0 Å². The first-order valence-electron chi connectivity index (χ1n) is 4.94. The molecule has 0 aromatic carbocycles. The summed E-state index contributed by atoms with van der Waals surface area (Å²) >= 11 is 0. The fourth-order valence-electron chi connectivity index (χ4n) is 1.34. The molecular weight excluding hydrogens is 204 g/mol. The van der Waals surface area contributed by atoms with Crippen LogP contribution in [0.4, 0.5) is 0 Å². The first-order chi connectivity index (χ1) is 7.75. The maximum absolute atomic E-state index is 11.7. The van der Waals surface area contributed by atoms with Crippen LogP contribution in [0.15, 0.2) is 30.7 Å². The van der Waals surface area contributed by atoms with E-state index in [4.69, 9.17) is 0 Å². The second kappa shape index (κ2) is 4.57. The minimum absolute atomic E-state index is 0.134. The van der Waals surface area contributed by atoms with Crippen molar-refractivity contribution in [1.82, 2.24) is 20.5 Å². The monoisotopic (exact) mass is 216 g/mol. The lowest BCUT2D eigenvalue weighted by Gasteiger charge is -2.03. The van der Waals surface area contributed by atoms with E-state index in [1.165, 1.54) is 0 Å². The van der Waals surface area contributed by atoms with Crippen LogP contribution in [0.3, 0.4) is 0 Å². The highest BCUT2D eigenvalue weighted by Crippen LogP contribution is 2.01. The molecule has 0 atom stereocenters. The molecule has 5 heteroatoms. The largest absolute Gasteiger partial charge is 0.346 e. The van der Waals surface area contributed by atoms with Crippen molar-refractivity contribution < 1.29 is 4.79 Å². The summed E-state index contributed by atoms with van der Waals surface area (Å²) in [6.45, 7) is 2.34. The van der Waals surface area contributed by atoms with Crippen LogP contribution in [0.25, 0.3) is 0 Å². The number of rotatable bonds is 3. The molecule has 2 heterocycles. The van der Waals surface area contributed by atoms with E-state index in [0.29, 0.717) is 12.1 Å². The zero-order chi connectivity index (χ0) is 11.4. The van der Waals surface area contributed by atoms with Crippen LogP contribution in [0.2, 0.25) is 0 Å². The third-order valence-corrected chi connectivity index (χ3v) is 2.13. The number of nitrogens with one attached hydrogen (secondary N) is 2. The molecule has 0 saturated carbocycles. The molecule has 16 heavy (non-hydrogen) atoms. The minimum Gasteiger partial charge on any atom is -0.346 e. The number of hydrogen-bond acceptors (Lipinski definition) is 3. The number of amides is 1. The van der Waals surface area contributed by atoms with Gasteiger partial charge < -0.3 is 5.32 Å². The van der Waals surface area contributed by atoms with Gasteiger partial charge in [0.05, 0.1) is 17.8 Å². The topological polar surface area (TPSA) is 70.7 Å². The summed E-state index contributed by atoms with van der Waals surface area (Å²) in [5, 5.41) is 9.35. The van der Waals surface area contributed by atoms with Crippen molar-refractivity contribution in [2.45, 2.75) is 13.5 Å². The molecule has 2 aromatic rings. The van der Waals surface area contributed by atoms with E-state index in [-0.39, 0.29) is 5.91 Å². The van der Waals surface area contributed by atoms with Crippen molar-refractivity contribution in [3.8, 4) is 0 Å². The van der Waals surface area contributed by atoms with Crippen LogP contribution in [0.5, 0.6) is 0 Å². The van der Waals surface area contributed by atoms with E-state index in [1.54, 1.807) is 24.7 Å². The predicted octanol–water partition coefficient (Wildman–Crippen LogP) is 1.04. The van der Waals surface area contributed by atoms with E-state index in [1.807, 2.05) is 13.0 Å². The van der Waals surface area contributed by atoms with Gasteiger partial charge in [0.25, 0.3) is 5.91 Å². The van der Waals surface area contributed by atoms with Crippen molar-refractivity contribution in [2.75, 3.05) is 0 Å². The number of carbonyl (C=O) groups excluding carboxylic acids is 1. The summed E-state index contributed by atoms with van der Waals surface area (Å²) in [6.07, 6.45) is 4.91. The van der Waals surface area contributed by atoms with Crippen molar-refractivity contribution in [1.29, 1.82) is 0 Å². The molecule has 0 aliphatic rings. The Morgan fingerprint density at radius 1 is 1.50 bits per heavy atom. The van der Waals surface area contributed by atoms with Crippen LogP contribution < -0.4 is 5.32 Å². The lowest BCUT2D eigenvalue weighted by atomic mass is 10.2. The molecule has 0 aliphatic carbocycles. The Morgan fingerprint density at radius 3 is 3.06 bits per heavy atom. The van der Waals surface area contributed by atoms with Gasteiger partial charge in [-0.3, -0.25) is 14.9 Å². The fraction of sp³-hybridized carbons (Fsp3) is 0.182. The van der Waals surface area contributed by atoms with Crippen LogP contribution in [0, 0.1) is 6.92 Å². The first kappa shape index (κ1) is 10.4. The lowest BCUT2D eigenvalue weighted by molar-refractivity contribution is 0.0950. The summed E-state index contributed by atoms with van der Waals surface area (Å²) < 4.78 is 0. The van der Waals surface area contributed by atoms with Crippen LogP contribution in [-0.2, 0) is 6.54 Å². The Morgan fingerprint density at radius 2 is 2.38 bits per heavy atom. The zero-order valence-corrected chi connectivity index (χ0v) is 8.90. The van der Waals surface area contributed by atoms with Gasteiger partial charge in [0.2, 0.25) is 0 Å². The van der Waals surface area contributed by atoms with E-state index < -0.39 is 0 Å². The Kier molecular flexibility index (Phi) is 2.95. The van der Waals surface area contributed by atoms with Gasteiger partial charge in [-0.1, -0.05) is 0 Å². The van der Waals surface area contributed by atoms with Crippen molar-refractivity contribution in [3.63, 3.8) is 0 Å². The van der Waals surface area contributed by atoms with Crippen LogP contribution in [-0.4, -0.2) is 21.1 Å². The smallest absolute Gasteiger partial charge is 0.253 e. The predicted molar refractivity (Wildman–Crippen MR) is 58.7 cm³/mol. The summed E-state index contributed by atoms with van der Waals surface area (Å²) in [7, 11) is 0. The molecule has 0 bridgehead atoms. The van der Waals surface area contributed by atoms with E-state index in [0.717, 1.165) is 11.3 Å². The normalized spacial score (nSPS) is 10.1. The number of aromatic amines is 1. The molecule has 0 radical (unpaired) electrons. The van der Waals surface area contributed by atoms with Crippen molar-refractivity contribution in [2.24, 2.45) is 0 Å². The highest BCUT2D eigenvalue weighted by Gasteiger charge is 2.05. The Labute approximate surface area is 92.9 Å². The quantitative estimate of drug-likeness (QED) is 0.805. The number of aromatic nitrogens is 3. The molecule has 0 saturated heterocycles. The maximum atomic E-state index is 11.7. The highest BCUT2D eigenvalue weighted by molar-refractivity contribution is 5.93. The Bertz CT molecular complexity index is 478. The van der Waals surface area contributed by atoms with Gasteiger partial charge in [-0.15, -0.1) is 0 Å². The van der Waals surface area contributed by atoms with Crippen LogP contribution in [0.1, 0.15) is 21.6 Å². The minimum atomic E-state index is -0.134. The van der Waals surface area contributed by atoms with Gasteiger partial charge in [-0.05, 0) is 24.6 Å². The molecule has 0 unspecified atom stereocenters. The van der Waals surface area contributed by atoms with Gasteiger partial charge >= 0.3 is 0 Å². The lowest BCUT2D eigenvalue weighted by Crippen LogP contribution is -2.23. The molecule has 2 N–H and O–H groups in total. The maximum Gasteiger partial charge on any atom is 0.253 e. The number of aryl methyl sites for hydroxylation is 1. The summed E-state index contributed by atoms with van der Waals surface area (Å²) in [4.78, 5) is 15.7. The standard InChI is InChI=1S/C11H12N4O/c1-8-4-9(6-12-5-8)11(16)13-7-10-2-3-14-15-10/h2-6H,7H2,1H3,(H,13,16)(H,14,15).